The highest BCUT2D eigenvalue weighted by Gasteiger charge is 2.29. The number of nitrogens with zero attached hydrogens (tertiary/aromatic N) is 2. The maximum atomic E-state index is 13.4. The Morgan fingerprint density at radius 1 is 1.29 bits per heavy atom. The fourth-order valence-corrected chi connectivity index (χ4v) is 3.96. The largest absolute Gasteiger partial charge is 0.481 e. The predicted molar refractivity (Wildman–Crippen MR) is 145 cm³/mol. The monoisotopic (exact) mass is 516 g/mol. The van der Waals surface area contributed by atoms with Gasteiger partial charge in [-0.15, -0.1) is 0 Å². The summed E-state index contributed by atoms with van der Waals surface area (Å²) in [5.41, 5.74) is 7.65. The molecule has 0 fully saturated rings. The summed E-state index contributed by atoms with van der Waals surface area (Å²) >= 11 is 11.7. The first-order chi connectivity index (χ1) is 16.5. The van der Waals surface area contributed by atoms with Crippen LogP contribution in [0.4, 0.5) is 10.5 Å². The van der Waals surface area contributed by atoms with Crippen molar-refractivity contribution in [3.8, 4) is 5.75 Å². The fourth-order valence-electron chi connectivity index (χ4n) is 3.56. The topological polar surface area (TPSA) is 89.2 Å². The Labute approximate surface area is 217 Å². The van der Waals surface area contributed by atoms with Gasteiger partial charge in [0.05, 0.1) is 6.54 Å². The molecule has 0 saturated carbocycles. The van der Waals surface area contributed by atoms with E-state index in [1.165, 1.54) is 0 Å². The van der Waals surface area contributed by atoms with E-state index in [1.54, 1.807) is 17.0 Å². The average Bonchev–Trinajstić information content (AvgIpc) is 2.77. The number of amides is 1. The number of amidine groups is 1. The summed E-state index contributed by atoms with van der Waals surface area (Å²) in [6.45, 7) is 9.73. The third-order valence-corrected chi connectivity index (χ3v) is 5.92. The first kappa shape index (κ1) is 26.8. The summed E-state index contributed by atoms with van der Waals surface area (Å²) in [5, 5.41) is 3.99. The van der Waals surface area contributed by atoms with Crippen molar-refractivity contribution in [3.63, 3.8) is 0 Å². The van der Waals surface area contributed by atoms with Crippen LogP contribution in [0, 0.1) is 0 Å². The lowest BCUT2D eigenvalue weighted by Crippen LogP contribution is -2.51. The van der Waals surface area contributed by atoms with Crippen LogP contribution in [0.2, 0.25) is 5.02 Å². The molecule has 0 bridgehead atoms. The van der Waals surface area contributed by atoms with E-state index < -0.39 is 11.7 Å². The van der Waals surface area contributed by atoms with Crippen LogP contribution in [0.1, 0.15) is 58.6 Å². The van der Waals surface area contributed by atoms with Gasteiger partial charge in [0.15, 0.2) is 6.10 Å². The quantitative estimate of drug-likeness (QED) is 0.350. The van der Waals surface area contributed by atoms with Crippen LogP contribution in [0.5, 0.6) is 5.75 Å². The Morgan fingerprint density at radius 2 is 1.97 bits per heavy atom. The van der Waals surface area contributed by atoms with Gasteiger partial charge < -0.3 is 20.5 Å². The van der Waals surface area contributed by atoms with Crippen molar-refractivity contribution >= 4 is 46.4 Å². The van der Waals surface area contributed by atoms with Crippen LogP contribution in [-0.2, 0) is 11.3 Å². The van der Waals surface area contributed by atoms with Gasteiger partial charge in [0.25, 0.3) is 0 Å². The first-order valence-corrected chi connectivity index (χ1v) is 12.4. The minimum atomic E-state index is -0.651. The van der Waals surface area contributed by atoms with Crippen molar-refractivity contribution < 1.29 is 14.3 Å². The lowest BCUT2D eigenvalue weighted by atomic mass is 10.1. The van der Waals surface area contributed by atoms with Crippen molar-refractivity contribution in [1.29, 1.82) is 0 Å². The summed E-state index contributed by atoms with van der Waals surface area (Å²) in [5.74, 6) is 1.07. The Hall–Kier alpha value is -2.84. The summed E-state index contributed by atoms with van der Waals surface area (Å²) in [6, 6.07) is 12.9. The average molecular weight is 517 g/mol. The number of halogens is 1. The second-order valence-electron chi connectivity index (χ2n) is 9.49. The number of benzene rings is 2. The molecule has 3 rings (SSSR count). The third-order valence-electron chi connectivity index (χ3n) is 5.32. The molecular formula is C26H33ClN4O3S. The molecule has 0 aromatic heterocycles. The molecule has 0 saturated heterocycles. The maximum Gasteiger partial charge on any atom is 0.412 e. The van der Waals surface area contributed by atoms with Crippen LogP contribution in [-0.4, -0.2) is 39.7 Å². The van der Waals surface area contributed by atoms with Gasteiger partial charge in [0.1, 0.15) is 34.0 Å². The summed E-state index contributed by atoms with van der Waals surface area (Å²) < 4.78 is 11.6. The van der Waals surface area contributed by atoms with Crippen molar-refractivity contribution in [3.05, 3.63) is 58.6 Å². The third kappa shape index (κ3) is 7.32. The smallest absolute Gasteiger partial charge is 0.412 e. The molecule has 0 radical (unpaired) electrons. The first-order valence-electron chi connectivity index (χ1n) is 11.7. The van der Waals surface area contributed by atoms with Gasteiger partial charge in [-0.2, -0.15) is 0 Å². The van der Waals surface area contributed by atoms with E-state index in [0.717, 1.165) is 17.5 Å². The van der Waals surface area contributed by atoms with Crippen molar-refractivity contribution in [1.82, 2.24) is 10.2 Å². The molecule has 1 aliphatic heterocycles. The van der Waals surface area contributed by atoms with Gasteiger partial charge in [0.2, 0.25) is 0 Å². The molecule has 2 aromatic rings. The number of aliphatic imine (C=N–C) groups is 1. The molecule has 1 aliphatic rings. The van der Waals surface area contributed by atoms with Crippen LogP contribution in [0.3, 0.4) is 0 Å². The Balaban J connectivity index is 1.90. The predicted octanol–water partition coefficient (Wildman–Crippen LogP) is 5.94. The van der Waals surface area contributed by atoms with Crippen molar-refractivity contribution in [2.45, 2.75) is 71.9 Å². The minimum Gasteiger partial charge on any atom is -0.481 e. The van der Waals surface area contributed by atoms with E-state index in [1.807, 2.05) is 58.0 Å². The number of nitrogens with one attached hydrogen (secondary N) is 1. The number of thiocarbonyl (C=S) groups is 1. The second-order valence-corrected chi connectivity index (χ2v) is 10.3. The van der Waals surface area contributed by atoms with E-state index in [9.17, 15) is 4.79 Å². The standard InChI is InChI=1S/C26H33ClN4O3S/c1-6-7-22(30-24(35)18-9-11-19(27)12-10-18)31(25(32)34-26(3,4)5)15-17-8-13-21-20(14-17)29-23(28)16(2)33-21/h8-14,16,22H,6-7,15H2,1-5H3,(H2,28,29)(H,30,35). The zero-order chi connectivity index (χ0) is 25.8. The SMILES string of the molecule is CCCC(NC(=S)c1ccc(Cl)cc1)N(Cc1ccc2c(c1)N=C(N)C(C)O2)C(=O)OC(C)(C)C. The van der Waals surface area contributed by atoms with Crippen LogP contribution < -0.4 is 15.8 Å². The molecule has 0 spiro atoms. The molecule has 7 nitrogen and oxygen atoms in total. The maximum absolute atomic E-state index is 13.4. The number of fused-ring (bicyclic) bond motifs is 1. The van der Waals surface area contributed by atoms with Crippen LogP contribution in [0.15, 0.2) is 47.5 Å². The summed E-state index contributed by atoms with van der Waals surface area (Å²) in [4.78, 5) is 20.0. The Morgan fingerprint density at radius 3 is 2.60 bits per heavy atom. The molecule has 2 atom stereocenters. The fraction of sp³-hybridized carbons (Fsp3) is 0.423. The lowest BCUT2D eigenvalue weighted by Gasteiger charge is -2.35. The van der Waals surface area contributed by atoms with E-state index >= 15 is 0 Å². The highest BCUT2D eigenvalue weighted by molar-refractivity contribution is 7.80. The van der Waals surface area contributed by atoms with Gasteiger partial charge >= 0.3 is 6.09 Å². The molecular weight excluding hydrogens is 484 g/mol. The highest BCUT2D eigenvalue weighted by atomic mass is 35.5. The van der Waals surface area contributed by atoms with Gasteiger partial charge in [-0.3, -0.25) is 4.90 Å². The summed E-state index contributed by atoms with van der Waals surface area (Å²) in [6.07, 6.45) is 0.395. The van der Waals surface area contributed by atoms with Gasteiger partial charge in [0, 0.05) is 10.6 Å². The molecule has 1 amide bonds. The summed E-state index contributed by atoms with van der Waals surface area (Å²) in [7, 11) is 0. The van der Waals surface area contributed by atoms with Crippen molar-refractivity contribution in [2.75, 3.05) is 0 Å². The van der Waals surface area contributed by atoms with Crippen molar-refractivity contribution in [2.24, 2.45) is 10.7 Å². The molecule has 2 aromatic carbocycles. The van der Waals surface area contributed by atoms with E-state index in [2.05, 4.69) is 17.2 Å². The molecule has 1 heterocycles. The second kappa shape index (κ2) is 11.3. The van der Waals surface area contributed by atoms with Crippen LogP contribution >= 0.6 is 23.8 Å². The van der Waals surface area contributed by atoms with E-state index in [0.29, 0.717) is 33.7 Å². The number of hydrogen-bond donors (Lipinski definition) is 2. The number of hydrogen-bond acceptors (Lipinski definition) is 6. The Bertz CT molecular complexity index is 1100. The van der Waals surface area contributed by atoms with Crippen LogP contribution in [0.25, 0.3) is 0 Å². The zero-order valence-corrected chi connectivity index (χ0v) is 22.4. The molecule has 2 unspecified atom stereocenters. The number of nitrogens with two attached hydrogens (primary N) is 1. The normalized spacial score (nSPS) is 15.8. The molecule has 35 heavy (non-hydrogen) atoms. The minimum absolute atomic E-state index is 0.279. The van der Waals surface area contributed by atoms with Gasteiger partial charge in [-0.25, -0.2) is 9.79 Å². The molecule has 0 aliphatic carbocycles. The Kier molecular flexibility index (Phi) is 8.61. The number of carbonyl (C=O) groups excluding carboxylic acids is 1. The van der Waals surface area contributed by atoms with Gasteiger partial charge in [-0.1, -0.05) is 55.4 Å². The number of ether oxygens (including phenoxy) is 2. The van der Waals surface area contributed by atoms with E-state index in [4.69, 9.17) is 39.0 Å². The molecule has 9 heteroatoms. The van der Waals surface area contributed by atoms with E-state index in [-0.39, 0.29) is 18.8 Å². The lowest BCUT2D eigenvalue weighted by molar-refractivity contribution is 0.0113. The number of rotatable bonds is 7. The zero-order valence-electron chi connectivity index (χ0n) is 20.8. The molecule has 188 valence electrons. The molecule has 3 N–H and O–H groups in total. The number of carbonyl (C=O) groups is 1. The highest BCUT2D eigenvalue weighted by Crippen LogP contribution is 2.33. The van der Waals surface area contributed by atoms with Gasteiger partial charge in [-0.05, 0) is 63.9 Å².